The van der Waals surface area contributed by atoms with Crippen LogP contribution in [0.2, 0.25) is 0 Å². The van der Waals surface area contributed by atoms with Crippen molar-refractivity contribution >= 4 is 42.5 Å². The molecular formula is C15H21BN2O8S. The molecule has 12 heteroatoms. The Morgan fingerprint density at radius 1 is 1.52 bits per heavy atom. The molecule has 2 atom stereocenters. The molecule has 0 aliphatic carbocycles. The van der Waals surface area contributed by atoms with Gasteiger partial charge in [-0.25, -0.2) is 4.79 Å². The van der Waals surface area contributed by atoms with Crippen molar-refractivity contribution in [3.8, 4) is 0 Å². The maximum absolute atomic E-state index is 12.5. The monoisotopic (exact) mass is 400 g/mol. The van der Waals surface area contributed by atoms with Gasteiger partial charge in [0.2, 0.25) is 6.61 Å². The lowest BCUT2D eigenvalue weighted by Gasteiger charge is -2.31. The zero-order valence-electron chi connectivity index (χ0n) is 14.6. The summed E-state index contributed by atoms with van der Waals surface area (Å²) < 4.78 is 5.43. The number of aliphatic carboxylic acids is 1. The van der Waals surface area contributed by atoms with E-state index in [4.69, 9.17) is 24.5 Å². The molecule has 27 heavy (non-hydrogen) atoms. The lowest BCUT2D eigenvalue weighted by atomic mass is 9.72. The maximum Gasteiger partial charge on any atom is 0.478 e. The number of amides is 1. The minimum absolute atomic E-state index is 0.0162. The topological polar surface area (TPSA) is 155 Å². The molecule has 0 saturated carbocycles. The van der Waals surface area contributed by atoms with Crippen LogP contribution in [0.25, 0.3) is 0 Å². The third kappa shape index (κ3) is 7.77. The molecule has 1 fully saturated rings. The van der Waals surface area contributed by atoms with E-state index < -0.39 is 31.5 Å². The van der Waals surface area contributed by atoms with Crippen LogP contribution in [0.15, 0.2) is 22.7 Å². The molecule has 2 rings (SSSR count). The number of nitrogens with one attached hydrogen (secondary N) is 1. The fourth-order valence-electron chi connectivity index (χ4n) is 2.31. The van der Waals surface area contributed by atoms with Crippen LogP contribution in [-0.2, 0) is 23.9 Å². The molecule has 0 aromatic carbocycles. The van der Waals surface area contributed by atoms with Gasteiger partial charge in [0.15, 0.2) is 5.71 Å². The highest BCUT2D eigenvalue weighted by atomic mass is 32.1. The average Bonchev–Trinajstić information content (AvgIpc) is 3.15. The molecule has 2 unspecified atom stereocenters. The van der Waals surface area contributed by atoms with Gasteiger partial charge in [0.1, 0.15) is 0 Å². The van der Waals surface area contributed by atoms with Crippen molar-refractivity contribution in [3.63, 3.8) is 0 Å². The predicted octanol–water partition coefficient (Wildman–Crippen LogP) is 0.348. The number of carboxylic acids is 1. The SMILES string of the molecule is CCC1CCC(NC(=O)/C(=N\OCC(=O)O)c2cccs2)B(O)O1.O=CO. The first-order valence-corrected chi connectivity index (χ1v) is 8.98. The first kappa shape index (κ1) is 22.6. The quantitative estimate of drug-likeness (QED) is 0.221. The summed E-state index contributed by atoms with van der Waals surface area (Å²) in [6.07, 6.45) is 2.10. The molecule has 0 bridgehead atoms. The number of thiophene rings is 1. The number of carbonyl (C=O) groups excluding carboxylic acids is 1. The van der Waals surface area contributed by atoms with Crippen LogP contribution >= 0.6 is 11.3 Å². The summed E-state index contributed by atoms with van der Waals surface area (Å²) in [5.74, 6) is -2.29. The van der Waals surface area contributed by atoms with Crippen LogP contribution in [0.4, 0.5) is 0 Å². The van der Waals surface area contributed by atoms with E-state index in [2.05, 4.69) is 10.5 Å². The molecule has 1 aliphatic rings. The Balaban J connectivity index is 0.00000114. The third-order valence-corrected chi connectivity index (χ3v) is 4.44. The van der Waals surface area contributed by atoms with Gasteiger partial charge in [-0.2, -0.15) is 0 Å². The van der Waals surface area contributed by atoms with Crippen LogP contribution in [0, 0.1) is 0 Å². The van der Waals surface area contributed by atoms with Crippen molar-refractivity contribution in [1.29, 1.82) is 0 Å². The van der Waals surface area contributed by atoms with E-state index in [0.717, 1.165) is 12.8 Å². The second-order valence-corrected chi connectivity index (χ2v) is 6.35. The van der Waals surface area contributed by atoms with Crippen LogP contribution in [-0.4, -0.2) is 65.1 Å². The molecule has 1 aliphatic heterocycles. The highest BCUT2D eigenvalue weighted by Gasteiger charge is 2.36. The number of hydrogen-bond acceptors (Lipinski definition) is 8. The van der Waals surface area contributed by atoms with Gasteiger partial charge in [0.25, 0.3) is 12.4 Å². The van der Waals surface area contributed by atoms with Crippen molar-refractivity contribution in [3.05, 3.63) is 22.4 Å². The van der Waals surface area contributed by atoms with Gasteiger partial charge >= 0.3 is 13.1 Å². The minimum Gasteiger partial charge on any atom is -0.483 e. The van der Waals surface area contributed by atoms with Crippen LogP contribution < -0.4 is 5.32 Å². The molecule has 0 spiro atoms. The number of carboxylic acid groups (broad SMARTS) is 2. The lowest BCUT2D eigenvalue weighted by molar-refractivity contribution is -0.142. The predicted molar refractivity (Wildman–Crippen MR) is 97.4 cm³/mol. The molecule has 148 valence electrons. The summed E-state index contributed by atoms with van der Waals surface area (Å²) in [4.78, 5) is 36.6. The Labute approximate surface area is 159 Å². The normalized spacial score (nSPS) is 19.5. The largest absolute Gasteiger partial charge is 0.483 e. The average molecular weight is 400 g/mol. The van der Waals surface area contributed by atoms with Crippen molar-refractivity contribution in [1.82, 2.24) is 5.32 Å². The number of rotatable bonds is 7. The highest BCUT2D eigenvalue weighted by Crippen LogP contribution is 2.19. The van der Waals surface area contributed by atoms with Gasteiger partial charge in [-0.05, 0) is 30.7 Å². The van der Waals surface area contributed by atoms with Gasteiger partial charge in [-0.15, -0.1) is 11.3 Å². The summed E-state index contributed by atoms with van der Waals surface area (Å²) in [6, 6.07) is 3.42. The highest BCUT2D eigenvalue weighted by molar-refractivity contribution is 7.13. The van der Waals surface area contributed by atoms with Gasteiger partial charge in [0.05, 0.1) is 10.8 Å². The van der Waals surface area contributed by atoms with Crippen molar-refractivity contribution in [2.75, 3.05) is 6.61 Å². The number of hydrogen-bond donors (Lipinski definition) is 4. The Hall–Kier alpha value is -2.44. The summed E-state index contributed by atoms with van der Waals surface area (Å²) in [7, 11) is -1.09. The smallest absolute Gasteiger partial charge is 0.478 e. The molecule has 10 nitrogen and oxygen atoms in total. The molecular weight excluding hydrogens is 379 g/mol. The van der Waals surface area contributed by atoms with Gasteiger partial charge in [-0.3, -0.25) is 9.59 Å². The first-order chi connectivity index (χ1) is 12.9. The van der Waals surface area contributed by atoms with Crippen molar-refractivity contribution < 1.29 is 39.1 Å². The van der Waals surface area contributed by atoms with Crippen LogP contribution in [0.1, 0.15) is 31.1 Å². The van der Waals surface area contributed by atoms with Gasteiger partial charge in [-0.1, -0.05) is 18.1 Å². The summed E-state index contributed by atoms with van der Waals surface area (Å²) >= 11 is 1.27. The number of oxime groups is 1. The van der Waals surface area contributed by atoms with E-state index in [1.54, 1.807) is 17.5 Å². The maximum atomic E-state index is 12.5. The minimum atomic E-state index is -1.19. The van der Waals surface area contributed by atoms with Crippen molar-refractivity contribution in [2.24, 2.45) is 5.16 Å². The van der Waals surface area contributed by atoms with Gasteiger partial charge < -0.3 is 30.0 Å². The Bertz CT molecular complexity index is 640. The number of carbonyl (C=O) groups is 3. The zero-order chi connectivity index (χ0) is 20.2. The van der Waals surface area contributed by atoms with E-state index in [0.29, 0.717) is 11.3 Å². The Morgan fingerprint density at radius 2 is 2.22 bits per heavy atom. The molecule has 1 aromatic rings. The molecule has 2 heterocycles. The second-order valence-electron chi connectivity index (χ2n) is 5.40. The van der Waals surface area contributed by atoms with E-state index in [-0.39, 0.29) is 18.3 Å². The summed E-state index contributed by atoms with van der Waals surface area (Å²) in [5, 5.41) is 33.6. The molecule has 4 N–H and O–H groups in total. The van der Waals surface area contributed by atoms with Crippen molar-refractivity contribution in [2.45, 2.75) is 38.2 Å². The molecule has 1 amide bonds. The van der Waals surface area contributed by atoms with E-state index >= 15 is 0 Å². The van der Waals surface area contributed by atoms with E-state index in [1.165, 1.54) is 11.3 Å². The zero-order valence-corrected chi connectivity index (χ0v) is 15.4. The van der Waals surface area contributed by atoms with E-state index in [1.807, 2.05) is 6.92 Å². The van der Waals surface area contributed by atoms with Gasteiger partial charge in [0, 0.05) is 6.10 Å². The summed E-state index contributed by atoms with van der Waals surface area (Å²) in [6.45, 7) is 1.08. The fraction of sp³-hybridized carbons (Fsp3) is 0.467. The lowest BCUT2D eigenvalue weighted by Crippen LogP contribution is -2.54. The Morgan fingerprint density at radius 3 is 2.74 bits per heavy atom. The first-order valence-electron chi connectivity index (χ1n) is 8.10. The Kier molecular flexibility index (Phi) is 10.1. The van der Waals surface area contributed by atoms with E-state index in [9.17, 15) is 14.6 Å². The van der Waals surface area contributed by atoms with Crippen LogP contribution in [0.5, 0.6) is 0 Å². The molecule has 0 radical (unpaired) electrons. The second kappa shape index (κ2) is 12.0. The molecule has 1 saturated heterocycles. The third-order valence-electron chi connectivity index (χ3n) is 3.56. The summed E-state index contributed by atoms with van der Waals surface area (Å²) in [5.41, 5.74) is -0.0314. The standard InChI is InChI=1S/C14H19BN2O6S.CH2O2/c1-2-9-5-6-11(15(21)23-9)16-14(20)13(10-4-3-7-24-10)17-22-8-12(18)19;2-1-3/h3-4,7,9,11,21H,2,5-6,8H2,1H3,(H,16,20)(H,18,19);1H,(H,2,3)/b17-13-;. The van der Waals surface area contributed by atoms with Crippen LogP contribution in [0.3, 0.4) is 0 Å². The molecule has 1 aromatic heterocycles. The fourth-order valence-corrected chi connectivity index (χ4v) is 3.01. The number of nitrogens with zero attached hydrogens (tertiary/aromatic N) is 1.